The Kier molecular flexibility index (Phi) is 22.2. The fraction of sp³-hybridized carbons (Fsp3) is 0.145. The second kappa shape index (κ2) is 34.4. The number of benzene rings is 20. The molecule has 0 aliphatic carbocycles. The van der Waals surface area contributed by atoms with Crippen LogP contribution in [0.2, 0.25) is 0 Å². The molecule has 0 unspecified atom stereocenters. The number of rotatable bonds is 13. The second-order valence-corrected chi connectivity index (χ2v) is 39.0. The van der Waals surface area contributed by atoms with Gasteiger partial charge in [0.1, 0.15) is 0 Å². The summed E-state index contributed by atoms with van der Waals surface area (Å²) in [7, 11) is -1.40. The van der Waals surface area contributed by atoms with Gasteiger partial charge < -0.3 is 27.9 Å². The van der Waals surface area contributed by atoms with Crippen molar-refractivity contribution in [2.24, 2.45) is 0 Å². The second-order valence-electron chi connectivity index (χ2n) is 39.0. The Labute approximate surface area is 782 Å². The third-order valence-electron chi connectivity index (χ3n) is 28.8. The van der Waals surface area contributed by atoms with Crippen molar-refractivity contribution in [3.63, 3.8) is 0 Å². The van der Waals surface area contributed by atoms with E-state index in [4.69, 9.17) is 27.9 Å². The van der Waals surface area contributed by atoms with Gasteiger partial charge in [0.15, 0.2) is 0 Å². The number of hydrogen-bond acceptors (Lipinski definition) is 6. The van der Waals surface area contributed by atoms with Crippen molar-refractivity contribution in [2.75, 3.05) is 0 Å². The standard InChI is InChI=1S/C44H37BO2.C42H35BO2.C38H33BO2/c1-43(2)44(3,4)47-45(46-43)38-27-36(26-37(28-38)42-29-32-19-11-12-20-39(32)40-21-13-14-22-41(40)42)35-24-33(30-15-7-5-8-16-30)23-34(25-35)31-17-9-6-10-18-31;1-41(2)42(3,4)45-43(44-41)34-25-32(30-16-12-15-29(23-30)28-13-6-5-7-14-28)24-33(26-34)31-21-22-39-37-19-9-8-17-35(37)36-18-10-11-20-38(36)40(39)27-31;1-37(2)38(3,4)41-39(40-37)34-24-32(29-15-10-14-28(21-29)26-11-6-5-7-12-26)23-33(25-34)30-19-20-36-31(22-30)18-17-27-13-8-9-16-35(27)36/h5-29H,1-4H3;5-27H,1-4H3;5-25H,1-4H3. The van der Waals surface area contributed by atoms with Crippen LogP contribution >= 0.6 is 0 Å². The molecule has 3 fully saturated rings. The molecular formula is C124H105B3O6. The number of fused-ring (bicyclic) bond motifs is 12. The molecule has 0 amide bonds. The SMILES string of the molecule is CC1(C)OB(c2cc(-c3cc(-c4ccccc4)cc(-c4ccccc4)c3)cc(-c3cc4ccccc4c4ccccc34)c2)OC1(C)C.CC1(C)OB(c2cc(-c3cccc(-c4ccccc4)c3)cc(-c3ccc4c(ccc5ccccc54)c3)c2)OC1(C)C.CC1(C)OB(c2cc(-c3cccc(-c4ccccc4)c3)cc(-c3ccc4c5ccccc5c5ccccc5c4c3)c2)OC1(C)C. The predicted molar refractivity (Wildman–Crippen MR) is 563 cm³/mol. The molecule has 646 valence electrons. The predicted octanol–water partition coefficient (Wildman–Crippen LogP) is 30.7. The van der Waals surface area contributed by atoms with Crippen LogP contribution in [0.5, 0.6) is 0 Å². The molecule has 9 heteroatoms. The van der Waals surface area contributed by atoms with Gasteiger partial charge in [0.25, 0.3) is 0 Å². The van der Waals surface area contributed by atoms with E-state index in [-0.39, 0.29) is 0 Å². The molecule has 0 bridgehead atoms. The molecule has 20 aromatic rings. The Morgan fingerprint density at radius 2 is 0.353 bits per heavy atom. The first-order chi connectivity index (χ1) is 64.3. The molecule has 133 heavy (non-hydrogen) atoms. The first-order valence-corrected chi connectivity index (χ1v) is 46.6. The maximum atomic E-state index is 6.65. The highest BCUT2D eigenvalue weighted by molar-refractivity contribution is 6.63. The van der Waals surface area contributed by atoms with Crippen molar-refractivity contribution < 1.29 is 27.9 Å². The Morgan fingerprint density at radius 3 is 0.752 bits per heavy atom. The molecule has 20 aromatic carbocycles. The zero-order chi connectivity index (χ0) is 91.1. The highest BCUT2D eigenvalue weighted by atomic mass is 16.7. The molecule has 0 radical (unpaired) electrons. The summed E-state index contributed by atoms with van der Waals surface area (Å²) in [5.74, 6) is 0. The molecule has 0 N–H and O–H groups in total. The minimum absolute atomic E-state index is 0.412. The van der Waals surface area contributed by atoms with Crippen molar-refractivity contribution in [3.8, 4) is 111 Å². The minimum atomic E-state index is -0.490. The first kappa shape index (κ1) is 85.9. The van der Waals surface area contributed by atoms with Gasteiger partial charge in [0.05, 0.1) is 33.6 Å². The van der Waals surface area contributed by atoms with Gasteiger partial charge in [0, 0.05) is 0 Å². The Morgan fingerprint density at radius 1 is 0.135 bits per heavy atom. The van der Waals surface area contributed by atoms with E-state index in [1.807, 2.05) is 0 Å². The molecule has 0 aromatic heterocycles. The monoisotopic (exact) mass is 1720 g/mol. The summed E-state index contributed by atoms with van der Waals surface area (Å²) in [5, 5.41) is 17.6. The summed E-state index contributed by atoms with van der Waals surface area (Å²) in [6.07, 6.45) is 0. The van der Waals surface area contributed by atoms with Gasteiger partial charge >= 0.3 is 21.4 Å². The van der Waals surface area contributed by atoms with Gasteiger partial charge in [-0.15, -0.1) is 0 Å². The average molecular weight is 1720 g/mol. The summed E-state index contributed by atoms with van der Waals surface area (Å²) in [6.45, 7) is 25.3. The van der Waals surface area contributed by atoms with Crippen LogP contribution in [0, 0.1) is 0 Å². The zero-order valence-corrected chi connectivity index (χ0v) is 77.5. The minimum Gasteiger partial charge on any atom is -0.399 e. The van der Waals surface area contributed by atoms with Gasteiger partial charge in [-0.1, -0.05) is 352 Å². The lowest BCUT2D eigenvalue weighted by atomic mass is 9.75. The lowest BCUT2D eigenvalue weighted by Crippen LogP contribution is -2.41. The lowest BCUT2D eigenvalue weighted by Gasteiger charge is -2.32. The molecule has 3 saturated heterocycles. The van der Waals surface area contributed by atoms with Crippen molar-refractivity contribution >= 4 is 113 Å². The van der Waals surface area contributed by atoms with Gasteiger partial charge in [-0.05, 0) is 353 Å². The van der Waals surface area contributed by atoms with Gasteiger partial charge in [-0.25, -0.2) is 0 Å². The third-order valence-corrected chi connectivity index (χ3v) is 28.8. The molecule has 6 nitrogen and oxygen atoms in total. The van der Waals surface area contributed by atoms with Crippen LogP contribution in [0.15, 0.2) is 419 Å². The largest absolute Gasteiger partial charge is 0.494 e. The first-order valence-electron chi connectivity index (χ1n) is 46.6. The molecule has 0 spiro atoms. The topological polar surface area (TPSA) is 55.4 Å². The normalized spacial score (nSPS) is 15.7. The van der Waals surface area contributed by atoms with E-state index in [0.717, 1.165) is 66.5 Å². The highest BCUT2D eigenvalue weighted by Gasteiger charge is 2.54. The lowest BCUT2D eigenvalue weighted by molar-refractivity contribution is 0.00578. The Balaban J connectivity index is 0.000000120. The van der Waals surface area contributed by atoms with Crippen LogP contribution in [0.4, 0.5) is 0 Å². The van der Waals surface area contributed by atoms with E-state index in [9.17, 15) is 0 Å². The summed E-state index contributed by atoms with van der Waals surface area (Å²) in [5.41, 5.74) is 23.9. The van der Waals surface area contributed by atoms with Crippen LogP contribution in [0.3, 0.4) is 0 Å². The quantitative estimate of drug-likeness (QED) is 0.0847. The summed E-state index contributed by atoms with van der Waals surface area (Å²) in [4.78, 5) is 0. The van der Waals surface area contributed by atoms with Crippen molar-refractivity contribution in [1.82, 2.24) is 0 Å². The van der Waals surface area contributed by atoms with Crippen LogP contribution in [-0.2, 0) is 27.9 Å². The van der Waals surface area contributed by atoms with Crippen molar-refractivity contribution in [2.45, 2.75) is 117 Å². The summed E-state index contributed by atoms with van der Waals surface area (Å²) < 4.78 is 39.5. The summed E-state index contributed by atoms with van der Waals surface area (Å²) >= 11 is 0. The third kappa shape index (κ3) is 16.7. The molecule has 0 atom stereocenters. The molecule has 23 rings (SSSR count). The van der Waals surface area contributed by atoms with Gasteiger partial charge in [-0.2, -0.15) is 0 Å². The Hall–Kier alpha value is -13.8. The van der Waals surface area contributed by atoms with E-state index in [1.54, 1.807) is 0 Å². The van der Waals surface area contributed by atoms with Gasteiger partial charge in [-0.3, -0.25) is 0 Å². The zero-order valence-electron chi connectivity index (χ0n) is 77.5. The van der Waals surface area contributed by atoms with E-state index >= 15 is 0 Å². The number of hydrogen-bond donors (Lipinski definition) is 0. The van der Waals surface area contributed by atoms with Crippen LogP contribution in [-0.4, -0.2) is 55.0 Å². The molecule has 0 saturated carbocycles. The molecule has 3 aliphatic rings. The molecule has 3 heterocycles. The van der Waals surface area contributed by atoms with E-state index < -0.39 is 55.0 Å². The fourth-order valence-corrected chi connectivity index (χ4v) is 19.3. The van der Waals surface area contributed by atoms with E-state index in [2.05, 4.69) is 502 Å². The average Bonchev–Trinajstić information content (AvgIpc) is 1.73. The van der Waals surface area contributed by atoms with Crippen LogP contribution in [0.25, 0.3) is 187 Å². The molecule has 3 aliphatic heterocycles. The highest BCUT2D eigenvalue weighted by Crippen LogP contribution is 2.46. The molecular weight excluding hydrogens is 1620 g/mol. The van der Waals surface area contributed by atoms with Crippen LogP contribution < -0.4 is 16.4 Å². The van der Waals surface area contributed by atoms with Crippen LogP contribution in [0.1, 0.15) is 83.1 Å². The smallest absolute Gasteiger partial charge is 0.399 e. The summed E-state index contributed by atoms with van der Waals surface area (Å²) in [6, 6.07) is 151. The van der Waals surface area contributed by atoms with E-state index in [1.165, 1.54) is 137 Å². The van der Waals surface area contributed by atoms with Gasteiger partial charge in [0.2, 0.25) is 0 Å². The maximum absolute atomic E-state index is 6.65. The van der Waals surface area contributed by atoms with Crippen molar-refractivity contribution in [1.29, 1.82) is 0 Å². The maximum Gasteiger partial charge on any atom is 0.494 e. The fourth-order valence-electron chi connectivity index (χ4n) is 19.3. The Bertz CT molecular complexity index is 7720. The van der Waals surface area contributed by atoms with Crippen molar-refractivity contribution in [3.05, 3.63) is 419 Å². The van der Waals surface area contributed by atoms with E-state index in [0.29, 0.717) is 0 Å².